The van der Waals surface area contributed by atoms with Crippen LogP contribution in [0, 0.1) is 0 Å². The normalized spacial score (nSPS) is 19.6. The third-order valence-corrected chi connectivity index (χ3v) is 3.95. The number of ether oxygens (including phenoxy) is 1. The molecule has 2 atom stereocenters. The average Bonchev–Trinajstić information content (AvgIpc) is 3.05. The van der Waals surface area contributed by atoms with Crippen LogP contribution in [-0.2, 0) is 4.74 Å². The number of carbonyl (C=O) groups is 1. The van der Waals surface area contributed by atoms with Gasteiger partial charge in [-0.3, -0.25) is 4.98 Å². The molecule has 1 aliphatic rings. The van der Waals surface area contributed by atoms with Crippen molar-refractivity contribution in [2.24, 2.45) is 0 Å². The molecule has 118 valence electrons. The van der Waals surface area contributed by atoms with Crippen LogP contribution in [0.4, 0.5) is 4.79 Å². The summed E-state index contributed by atoms with van der Waals surface area (Å²) in [6.45, 7) is 0. The number of benzene rings is 1. The fraction of sp³-hybridized carbons (Fsp3) is 0.105. The molecule has 1 amide bonds. The Labute approximate surface area is 139 Å². The van der Waals surface area contributed by atoms with Gasteiger partial charge in [0.15, 0.2) is 6.10 Å². The molecular weight excluding hydrogens is 302 g/mol. The summed E-state index contributed by atoms with van der Waals surface area (Å²) in [5.41, 5.74) is 3.24. The molecule has 1 aromatic carbocycles. The number of rotatable bonds is 3. The van der Waals surface area contributed by atoms with Crippen LogP contribution in [0.2, 0.25) is 0 Å². The highest BCUT2D eigenvalue weighted by Gasteiger charge is 2.37. The lowest BCUT2D eigenvalue weighted by Gasteiger charge is -2.17. The second kappa shape index (κ2) is 6.12. The van der Waals surface area contributed by atoms with E-state index in [0.717, 1.165) is 22.6 Å². The minimum absolute atomic E-state index is 0.330. The van der Waals surface area contributed by atoms with E-state index in [-0.39, 0.29) is 6.04 Å². The average molecular weight is 317 g/mol. The van der Waals surface area contributed by atoms with Gasteiger partial charge >= 0.3 is 6.09 Å². The number of aromatic nitrogens is 2. The second-order valence-corrected chi connectivity index (χ2v) is 5.52. The number of nitrogens with one attached hydrogen (secondary N) is 1. The quantitative estimate of drug-likeness (QED) is 0.800. The molecule has 0 radical (unpaired) electrons. The van der Waals surface area contributed by atoms with Crippen molar-refractivity contribution in [3.05, 3.63) is 84.2 Å². The second-order valence-electron chi connectivity index (χ2n) is 5.52. The zero-order valence-electron chi connectivity index (χ0n) is 12.8. The maximum Gasteiger partial charge on any atom is 0.408 e. The first-order chi connectivity index (χ1) is 11.8. The molecule has 1 fully saturated rings. The summed E-state index contributed by atoms with van der Waals surface area (Å²) in [6, 6.07) is 20.7. The lowest BCUT2D eigenvalue weighted by molar-refractivity contribution is 0.132. The topological polar surface area (TPSA) is 64.1 Å². The number of hydrogen-bond donors (Lipinski definition) is 1. The van der Waals surface area contributed by atoms with Crippen molar-refractivity contribution in [1.29, 1.82) is 0 Å². The molecule has 0 bridgehead atoms. The molecule has 4 rings (SSSR count). The van der Waals surface area contributed by atoms with E-state index in [2.05, 4.69) is 15.3 Å². The number of alkyl carbamates (subject to hydrolysis) is 1. The molecule has 1 N–H and O–H groups in total. The lowest BCUT2D eigenvalue weighted by atomic mass is 10.00. The molecule has 1 saturated heterocycles. The van der Waals surface area contributed by atoms with Gasteiger partial charge in [0.1, 0.15) is 6.04 Å². The van der Waals surface area contributed by atoms with Gasteiger partial charge in [0.2, 0.25) is 0 Å². The van der Waals surface area contributed by atoms with Crippen LogP contribution in [0.1, 0.15) is 23.4 Å². The number of cyclic esters (lactones) is 1. The summed E-state index contributed by atoms with van der Waals surface area (Å²) < 4.78 is 5.45. The van der Waals surface area contributed by atoms with Crippen molar-refractivity contribution in [2.45, 2.75) is 12.1 Å². The summed E-state index contributed by atoms with van der Waals surface area (Å²) in [5.74, 6) is 0. The standard InChI is InChI=1S/C19H15N3O2/c23-19-22-17(18(24-19)13-7-2-1-3-8-13)16-11-6-10-15(21-16)14-9-4-5-12-20-14/h1-12,17-18H,(H,22,23)/t17-,18-/m0/s1. The molecule has 5 heteroatoms. The third kappa shape index (κ3) is 2.72. The van der Waals surface area contributed by atoms with Crippen LogP contribution in [-0.4, -0.2) is 16.1 Å². The predicted molar refractivity (Wildman–Crippen MR) is 89.0 cm³/mol. The number of carbonyl (C=O) groups excluding carboxylic acids is 1. The number of amides is 1. The van der Waals surface area contributed by atoms with E-state index in [0.29, 0.717) is 0 Å². The van der Waals surface area contributed by atoms with Crippen LogP contribution in [0.3, 0.4) is 0 Å². The molecule has 0 aliphatic carbocycles. The minimum Gasteiger partial charge on any atom is -0.439 e. The SMILES string of the molecule is O=C1N[C@@H](c2cccc(-c3ccccn3)n2)[C@H](c2ccccc2)O1. The Hall–Kier alpha value is -3.21. The summed E-state index contributed by atoms with van der Waals surface area (Å²) >= 11 is 0. The van der Waals surface area contributed by atoms with Crippen molar-refractivity contribution in [3.8, 4) is 11.4 Å². The number of hydrogen-bond acceptors (Lipinski definition) is 4. The molecule has 0 saturated carbocycles. The summed E-state index contributed by atoms with van der Waals surface area (Å²) in [6.07, 6.45) is 0.903. The molecule has 0 unspecified atom stereocenters. The van der Waals surface area contributed by atoms with Crippen LogP contribution in [0.15, 0.2) is 72.9 Å². The van der Waals surface area contributed by atoms with Gasteiger partial charge in [0.05, 0.1) is 17.1 Å². The predicted octanol–water partition coefficient (Wildman–Crippen LogP) is 3.67. The van der Waals surface area contributed by atoms with Crippen molar-refractivity contribution in [3.63, 3.8) is 0 Å². The molecule has 3 heterocycles. The largest absolute Gasteiger partial charge is 0.439 e. The van der Waals surface area contributed by atoms with Crippen molar-refractivity contribution < 1.29 is 9.53 Å². The Morgan fingerprint density at radius 3 is 2.46 bits per heavy atom. The molecular formula is C19H15N3O2. The zero-order valence-corrected chi connectivity index (χ0v) is 12.8. The van der Waals surface area contributed by atoms with Gasteiger partial charge in [-0.1, -0.05) is 42.5 Å². The molecule has 3 aromatic rings. The van der Waals surface area contributed by atoms with Gasteiger partial charge in [-0.2, -0.15) is 0 Å². The van der Waals surface area contributed by atoms with E-state index in [1.165, 1.54) is 0 Å². The van der Waals surface area contributed by atoms with Crippen LogP contribution >= 0.6 is 0 Å². The van der Waals surface area contributed by atoms with Gasteiger partial charge in [-0.25, -0.2) is 9.78 Å². The van der Waals surface area contributed by atoms with Crippen molar-refractivity contribution >= 4 is 6.09 Å². The van der Waals surface area contributed by atoms with Gasteiger partial charge in [-0.05, 0) is 29.8 Å². The van der Waals surface area contributed by atoms with E-state index in [4.69, 9.17) is 4.74 Å². The van der Waals surface area contributed by atoms with Gasteiger partial charge in [0, 0.05) is 6.20 Å². The zero-order chi connectivity index (χ0) is 16.4. The summed E-state index contributed by atoms with van der Waals surface area (Å²) in [7, 11) is 0. The summed E-state index contributed by atoms with van der Waals surface area (Å²) in [5, 5.41) is 2.85. The highest BCUT2D eigenvalue weighted by atomic mass is 16.6. The van der Waals surface area contributed by atoms with E-state index in [9.17, 15) is 4.79 Å². The maximum atomic E-state index is 11.8. The molecule has 2 aromatic heterocycles. The van der Waals surface area contributed by atoms with E-state index in [1.807, 2.05) is 66.7 Å². The van der Waals surface area contributed by atoms with Crippen molar-refractivity contribution in [1.82, 2.24) is 15.3 Å². The Morgan fingerprint density at radius 1 is 0.875 bits per heavy atom. The Morgan fingerprint density at radius 2 is 1.67 bits per heavy atom. The smallest absolute Gasteiger partial charge is 0.408 e. The molecule has 0 spiro atoms. The minimum atomic E-state index is -0.432. The molecule has 1 aliphatic heterocycles. The lowest BCUT2D eigenvalue weighted by Crippen LogP contribution is -2.20. The maximum absolute atomic E-state index is 11.8. The molecule has 24 heavy (non-hydrogen) atoms. The number of nitrogens with zero attached hydrogens (tertiary/aromatic N) is 2. The Kier molecular flexibility index (Phi) is 3.67. The third-order valence-electron chi connectivity index (χ3n) is 3.95. The van der Waals surface area contributed by atoms with Gasteiger partial charge in [0.25, 0.3) is 0 Å². The highest BCUT2D eigenvalue weighted by Crippen LogP contribution is 2.36. The fourth-order valence-corrected chi connectivity index (χ4v) is 2.83. The first-order valence-electron chi connectivity index (χ1n) is 7.72. The first kappa shape index (κ1) is 14.4. The van der Waals surface area contributed by atoms with Crippen molar-refractivity contribution in [2.75, 3.05) is 0 Å². The first-order valence-corrected chi connectivity index (χ1v) is 7.72. The van der Waals surface area contributed by atoms with Crippen LogP contribution in [0.5, 0.6) is 0 Å². The Bertz CT molecular complexity index is 853. The molecule has 5 nitrogen and oxygen atoms in total. The van der Waals surface area contributed by atoms with Gasteiger partial charge in [-0.15, -0.1) is 0 Å². The van der Waals surface area contributed by atoms with E-state index >= 15 is 0 Å². The Balaban J connectivity index is 1.71. The van der Waals surface area contributed by atoms with E-state index < -0.39 is 12.2 Å². The summed E-state index contributed by atoms with van der Waals surface area (Å²) in [4.78, 5) is 20.8. The number of pyridine rings is 2. The van der Waals surface area contributed by atoms with Crippen LogP contribution < -0.4 is 5.32 Å². The van der Waals surface area contributed by atoms with E-state index in [1.54, 1.807) is 6.20 Å². The van der Waals surface area contributed by atoms with Crippen LogP contribution in [0.25, 0.3) is 11.4 Å². The monoisotopic (exact) mass is 317 g/mol. The van der Waals surface area contributed by atoms with Gasteiger partial charge < -0.3 is 10.1 Å². The fourth-order valence-electron chi connectivity index (χ4n) is 2.83. The highest BCUT2D eigenvalue weighted by molar-refractivity contribution is 5.71.